The molecule has 1 fully saturated rings. The van der Waals surface area contributed by atoms with Crippen LogP contribution in [0.1, 0.15) is 25.7 Å². The van der Waals surface area contributed by atoms with Gasteiger partial charge in [0.2, 0.25) is 0 Å². The van der Waals surface area contributed by atoms with E-state index in [0.29, 0.717) is 0 Å². The summed E-state index contributed by atoms with van der Waals surface area (Å²) in [6.45, 7) is 0. The van der Waals surface area contributed by atoms with Crippen molar-refractivity contribution < 1.29 is 0 Å². The topological polar surface area (TPSA) is 0 Å². The Morgan fingerprint density at radius 2 is 1.64 bits per heavy atom. The van der Waals surface area contributed by atoms with Crippen LogP contribution in [0.2, 0.25) is 0 Å². The average molecular weight is 215 g/mol. The molecular weight excluding hydrogens is 200 g/mol. The maximum atomic E-state index is 3.60. The molecule has 2 atom stereocenters. The summed E-state index contributed by atoms with van der Waals surface area (Å²) in [6, 6.07) is 0. The third-order valence-corrected chi connectivity index (χ3v) is 3.93. The van der Waals surface area contributed by atoms with E-state index in [2.05, 4.69) is 28.1 Å². The predicted octanol–water partition coefficient (Wildman–Crippen LogP) is 3.37. The minimum atomic E-state index is 1.02. The zero-order chi connectivity index (χ0) is 7.68. The van der Waals surface area contributed by atoms with E-state index < -0.39 is 0 Å². The maximum absolute atomic E-state index is 3.60. The van der Waals surface area contributed by atoms with Gasteiger partial charge in [-0.3, -0.25) is 0 Å². The van der Waals surface area contributed by atoms with Crippen LogP contribution in [0.3, 0.4) is 0 Å². The highest BCUT2D eigenvalue weighted by Crippen LogP contribution is 2.53. The molecule has 0 aliphatic heterocycles. The van der Waals surface area contributed by atoms with Gasteiger partial charge in [-0.1, -0.05) is 28.1 Å². The largest absolute Gasteiger partial charge is 0.0925 e. The van der Waals surface area contributed by atoms with Gasteiger partial charge in [-0.25, -0.2) is 0 Å². The molecule has 0 N–H and O–H groups in total. The Morgan fingerprint density at radius 3 is 2.09 bits per heavy atom. The molecule has 0 spiro atoms. The van der Waals surface area contributed by atoms with Crippen LogP contribution >= 0.6 is 15.9 Å². The van der Waals surface area contributed by atoms with Gasteiger partial charge in [0, 0.05) is 5.33 Å². The second kappa shape index (κ2) is 3.30. The molecule has 0 aromatic carbocycles. The number of hydrogen-bond donors (Lipinski definition) is 0. The van der Waals surface area contributed by atoms with Gasteiger partial charge in [-0.05, 0) is 43.4 Å². The molecule has 0 amide bonds. The lowest BCUT2D eigenvalue weighted by molar-refractivity contribution is 0.605. The zero-order valence-corrected chi connectivity index (χ0v) is 8.39. The molecule has 0 nitrogen and oxygen atoms in total. The third-order valence-electron chi connectivity index (χ3n) is 3.19. The number of fused-ring (bicyclic) bond motifs is 1. The Kier molecular flexibility index (Phi) is 2.36. The van der Waals surface area contributed by atoms with Crippen molar-refractivity contribution in [2.24, 2.45) is 17.8 Å². The van der Waals surface area contributed by atoms with E-state index in [-0.39, 0.29) is 0 Å². The van der Waals surface area contributed by atoms with Gasteiger partial charge in [0.1, 0.15) is 0 Å². The van der Waals surface area contributed by atoms with Crippen molar-refractivity contribution >= 4 is 15.9 Å². The lowest BCUT2D eigenvalue weighted by atomic mass is 10.1. The second-order valence-corrected chi connectivity index (χ2v) is 4.42. The highest BCUT2D eigenvalue weighted by atomic mass is 79.9. The first kappa shape index (κ1) is 7.85. The minimum absolute atomic E-state index is 1.02. The van der Waals surface area contributed by atoms with Crippen LogP contribution in [-0.2, 0) is 0 Å². The van der Waals surface area contributed by atoms with E-state index in [1.807, 2.05) is 0 Å². The summed E-state index contributed by atoms with van der Waals surface area (Å²) >= 11 is 3.60. The molecule has 0 heterocycles. The van der Waals surface area contributed by atoms with E-state index in [9.17, 15) is 0 Å². The van der Waals surface area contributed by atoms with Crippen LogP contribution in [0.15, 0.2) is 12.2 Å². The standard InChI is InChI=1S/C10H15Br/c11-7-10-8-5-3-1-2-4-6-9(8)10/h1-2,8-10H,3-7H2/b2-1-. The molecule has 62 valence electrons. The summed E-state index contributed by atoms with van der Waals surface area (Å²) < 4.78 is 0. The minimum Gasteiger partial charge on any atom is -0.0925 e. The van der Waals surface area contributed by atoms with Crippen LogP contribution in [0.5, 0.6) is 0 Å². The highest BCUT2D eigenvalue weighted by Gasteiger charge is 2.47. The molecular formula is C10H15Br. The van der Waals surface area contributed by atoms with Gasteiger partial charge >= 0.3 is 0 Å². The van der Waals surface area contributed by atoms with Crippen LogP contribution in [0.25, 0.3) is 0 Å². The fourth-order valence-corrected chi connectivity index (χ4v) is 3.38. The third kappa shape index (κ3) is 1.53. The van der Waals surface area contributed by atoms with E-state index >= 15 is 0 Å². The van der Waals surface area contributed by atoms with Crippen molar-refractivity contribution in [2.45, 2.75) is 25.7 Å². The number of rotatable bonds is 1. The Balaban J connectivity index is 1.91. The van der Waals surface area contributed by atoms with Crippen molar-refractivity contribution in [1.82, 2.24) is 0 Å². The van der Waals surface area contributed by atoms with Crippen molar-refractivity contribution in [1.29, 1.82) is 0 Å². The SMILES string of the molecule is BrCC1C2CC/C=C\CCC12. The number of halogens is 1. The molecule has 0 aromatic heterocycles. The van der Waals surface area contributed by atoms with E-state index in [1.54, 1.807) is 0 Å². The van der Waals surface area contributed by atoms with Crippen LogP contribution in [0, 0.1) is 17.8 Å². The second-order valence-electron chi connectivity index (χ2n) is 3.77. The normalized spacial score (nSPS) is 45.4. The van der Waals surface area contributed by atoms with Crippen molar-refractivity contribution in [3.63, 3.8) is 0 Å². The summed E-state index contributed by atoms with van der Waals surface area (Å²) in [5.74, 6) is 3.16. The summed E-state index contributed by atoms with van der Waals surface area (Å²) in [5.41, 5.74) is 0. The lowest BCUT2D eigenvalue weighted by Gasteiger charge is -1.99. The zero-order valence-electron chi connectivity index (χ0n) is 6.80. The van der Waals surface area contributed by atoms with E-state index in [1.165, 1.54) is 31.0 Å². The smallest absolute Gasteiger partial charge is 0.00651 e. The molecule has 0 radical (unpaired) electrons. The summed E-state index contributed by atoms with van der Waals surface area (Å²) in [6.07, 6.45) is 10.3. The molecule has 0 aromatic rings. The fraction of sp³-hybridized carbons (Fsp3) is 0.800. The maximum Gasteiger partial charge on any atom is 0.00651 e. The van der Waals surface area contributed by atoms with Crippen molar-refractivity contribution in [2.75, 3.05) is 5.33 Å². The molecule has 0 bridgehead atoms. The molecule has 1 heteroatoms. The van der Waals surface area contributed by atoms with Gasteiger partial charge in [0.15, 0.2) is 0 Å². The number of alkyl halides is 1. The molecule has 2 aliphatic carbocycles. The van der Waals surface area contributed by atoms with Gasteiger partial charge < -0.3 is 0 Å². The molecule has 2 aliphatic rings. The van der Waals surface area contributed by atoms with Gasteiger partial charge in [-0.15, -0.1) is 0 Å². The Bertz CT molecular complexity index is 146. The van der Waals surface area contributed by atoms with Crippen LogP contribution < -0.4 is 0 Å². The first-order valence-corrected chi connectivity index (χ1v) is 5.76. The first-order chi connectivity index (χ1) is 5.43. The molecule has 2 unspecified atom stereocenters. The highest BCUT2D eigenvalue weighted by molar-refractivity contribution is 9.09. The van der Waals surface area contributed by atoms with Gasteiger partial charge in [-0.2, -0.15) is 0 Å². The fourth-order valence-electron chi connectivity index (χ4n) is 2.42. The first-order valence-electron chi connectivity index (χ1n) is 4.64. The summed E-state index contributed by atoms with van der Waals surface area (Å²) in [4.78, 5) is 0. The van der Waals surface area contributed by atoms with Gasteiger partial charge in [0.25, 0.3) is 0 Å². The molecule has 1 saturated carbocycles. The number of hydrogen-bond acceptors (Lipinski definition) is 0. The van der Waals surface area contributed by atoms with Crippen LogP contribution in [0.4, 0.5) is 0 Å². The molecule has 2 rings (SSSR count). The Hall–Kier alpha value is 0.220. The van der Waals surface area contributed by atoms with E-state index in [0.717, 1.165) is 17.8 Å². The lowest BCUT2D eigenvalue weighted by Crippen LogP contribution is -1.85. The van der Waals surface area contributed by atoms with Gasteiger partial charge in [0.05, 0.1) is 0 Å². The van der Waals surface area contributed by atoms with E-state index in [4.69, 9.17) is 0 Å². The predicted molar refractivity (Wildman–Crippen MR) is 51.9 cm³/mol. The van der Waals surface area contributed by atoms with Crippen LogP contribution in [-0.4, -0.2) is 5.33 Å². The summed E-state index contributed by atoms with van der Waals surface area (Å²) in [5, 5.41) is 1.24. The Labute approximate surface area is 77.2 Å². The van der Waals surface area contributed by atoms with Crippen molar-refractivity contribution in [3.8, 4) is 0 Å². The molecule has 0 saturated heterocycles. The number of allylic oxidation sites excluding steroid dienone is 2. The quantitative estimate of drug-likeness (QED) is 0.464. The average Bonchev–Trinajstić information content (AvgIpc) is 2.60. The van der Waals surface area contributed by atoms with Crippen molar-refractivity contribution in [3.05, 3.63) is 12.2 Å². The Morgan fingerprint density at radius 1 is 1.09 bits per heavy atom. The summed E-state index contributed by atoms with van der Waals surface area (Å²) in [7, 11) is 0. The molecule has 11 heavy (non-hydrogen) atoms. The monoisotopic (exact) mass is 214 g/mol.